The van der Waals surface area contributed by atoms with Gasteiger partial charge < -0.3 is 19.1 Å². The summed E-state index contributed by atoms with van der Waals surface area (Å²) >= 11 is 0. The predicted octanol–water partition coefficient (Wildman–Crippen LogP) is 1.47. The zero-order valence-electron chi connectivity index (χ0n) is 15.5. The lowest BCUT2D eigenvalue weighted by Crippen LogP contribution is -2.29. The van der Waals surface area contributed by atoms with E-state index in [9.17, 15) is 9.59 Å². The lowest BCUT2D eigenvalue weighted by Gasteiger charge is -2.18. The van der Waals surface area contributed by atoms with Gasteiger partial charge in [0.15, 0.2) is 5.69 Å². The predicted molar refractivity (Wildman–Crippen MR) is 99.3 cm³/mol. The van der Waals surface area contributed by atoms with Crippen molar-refractivity contribution >= 4 is 11.9 Å². The first-order valence-corrected chi connectivity index (χ1v) is 8.88. The number of esters is 1. The number of nitrogens with zero attached hydrogens (tertiary/aromatic N) is 3. The van der Waals surface area contributed by atoms with Crippen molar-refractivity contribution in [2.45, 2.75) is 20.1 Å². The van der Waals surface area contributed by atoms with E-state index in [1.165, 1.54) is 4.57 Å². The van der Waals surface area contributed by atoms with Crippen LogP contribution in [-0.2, 0) is 22.6 Å². The molecule has 1 aliphatic heterocycles. The Balaban J connectivity index is 1.96. The fourth-order valence-electron chi connectivity index (χ4n) is 2.90. The summed E-state index contributed by atoms with van der Waals surface area (Å²) in [4.78, 5) is 31.7. The van der Waals surface area contributed by atoms with Gasteiger partial charge in [-0.1, -0.05) is 30.3 Å². The van der Waals surface area contributed by atoms with Gasteiger partial charge in [0.2, 0.25) is 11.7 Å². The first-order valence-electron chi connectivity index (χ1n) is 8.88. The van der Waals surface area contributed by atoms with Crippen molar-refractivity contribution < 1.29 is 19.0 Å². The number of rotatable bonds is 8. The number of hydrogen-bond donors (Lipinski definition) is 0. The minimum Gasteiger partial charge on any atom is -0.481 e. The molecule has 0 N–H and O–H groups in total. The van der Waals surface area contributed by atoms with Gasteiger partial charge in [-0.3, -0.25) is 9.36 Å². The number of benzene rings is 1. The Morgan fingerprint density at radius 2 is 2.00 bits per heavy atom. The molecule has 1 aliphatic rings. The van der Waals surface area contributed by atoms with Crippen LogP contribution in [0.25, 0.3) is 0 Å². The van der Waals surface area contributed by atoms with Crippen LogP contribution in [0.15, 0.2) is 35.1 Å². The minimum atomic E-state index is -0.667. The third-order valence-electron chi connectivity index (χ3n) is 4.24. The summed E-state index contributed by atoms with van der Waals surface area (Å²) in [6.45, 7) is 4.23. The quantitative estimate of drug-likeness (QED) is 0.648. The van der Waals surface area contributed by atoms with Crippen LogP contribution in [0.4, 0.5) is 5.95 Å². The van der Waals surface area contributed by atoms with Crippen molar-refractivity contribution in [1.29, 1.82) is 0 Å². The summed E-state index contributed by atoms with van der Waals surface area (Å²) in [6, 6.07) is 9.43. The van der Waals surface area contributed by atoms with Crippen molar-refractivity contribution in [3.8, 4) is 5.75 Å². The normalized spacial score (nSPS) is 12.7. The molecule has 2 heterocycles. The Morgan fingerprint density at radius 3 is 2.70 bits per heavy atom. The summed E-state index contributed by atoms with van der Waals surface area (Å²) in [5.74, 6) is -0.304. The molecule has 0 unspecified atom stereocenters. The molecule has 0 bridgehead atoms. The van der Waals surface area contributed by atoms with Gasteiger partial charge in [-0.15, -0.1) is 0 Å². The van der Waals surface area contributed by atoms with Gasteiger partial charge >= 0.3 is 5.97 Å². The average Bonchev–Trinajstić information content (AvgIpc) is 3.09. The van der Waals surface area contributed by atoms with Gasteiger partial charge in [0, 0.05) is 26.7 Å². The number of aromatic nitrogens is 2. The highest BCUT2D eigenvalue weighted by Crippen LogP contribution is 2.23. The molecule has 0 saturated carbocycles. The van der Waals surface area contributed by atoms with Crippen molar-refractivity contribution in [2.24, 2.45) is 0 Å². The molecule has 144 valence electrons. The van der Waals surface area contributed by atoms with Crippen molar-refractivity contribution in [2.75, 3.05) is 38.3 Å². The first kappa shape index (κ1) is 18.9. The van der Waals surface area contributed by atoms with E-state index in [2.05, 4.69) is 4.98 Å². The topological polar surface area (TPSA) is 82.9 Å². The van der Waals surface area contributed by atoms with Crippen LogP contribution in [0.3, 0.4) is 0 Å². The van der Waals surface area contributed by atoms with Gasteiger partial charge in [0.05, 0.1) is 13.2 Å². The van der Waals surface area contributed by atoms with Crippen LogP contribution in [0, 0.1) is 0 Å². The van der Waals surface area contributed by atoms with Crippen LogP contribution in [0.1, 0.15) is 23.0 Å². The third kappa shape index (κ3) is 4.11. The second-order valence-electron chi connectivity index (χ2n) is 6.02. The van der Waals surface area contributed by atoms with Crippen molar-refractivity contribution in [3.05, 3.63) is 51.9 Å². The Kier molecular flexibility index (Phi) is 6.08. The summed E-state index contributed by atoms with van der Waals surface area (Å²) in [7, 11) is 1.61. The van der Waals surface area contributed by atoms with Crippen LogP contribution in [-0.4, -0.2) is 48.9 Å². The number of methoxy groups -OCH3 is 1. The molecule has 0 aliphatic carbocycles. The standard InChI is InChI=1S/C19H23N3O5/c1-3-26-18(24)15-16(27-13-14-7-5-4-6-8-14)17(23)22-10-9-21(11-12-25-2)19(22)20-15/h4-8H,3,9-13H2,1-2H3. The number of carbonyl (C=O) groups is 1. The Hall–Kier alpha value is -2.87. The molecule has 0 amide bonds. The molecule has 1 aromatic carbocycles. The fraction of sp³-hybridized carbons (Fsp3) is 0.421. The maximum absolute atomic E-state index is 13.0. The van der Waals surface area contributed by atoms with Crippen LogP contribution < -0.4 is 15.2 Å². The van der Waals surface area contributed by atoms with Crippen LogP contribution in [0.2, 0.25) is 0 Å². The number of hydrogen-bond acceptors (Lipinski definition) is 7. The van der Waals surface area contributed by atoms with Crippen LogP contribution in [0.5, 0.6) is 5.75 Å². The Morgan fingerprint density at radius 1 is 1.22 bits per heavy atom. The largest absolute Gasteiger partial charge is 0.481 e. The molecule has 0 fully saturated rings. The van der Waals surface area contributed by atoms with E-state index >= 15 is 0 Å². The number of carbonyl (C=O) groups excluding carboxylic acids is 1. The molecule has 2 aromatic rings. The Labute approximate surface area is 157 Å². The maximum Gasteiger partial charge on any atom is 0.361 e. The minimum absolute atomic E-state index is 0.0744. The van der Waals surface area contributed by atoms with Gasteiger partial charge in [0.25, 0.3) is 5.56 Å². The van der Waals surface area contributed by atoms with E-state index in [0.717, 1.165) is 5.56 Å². The van der Waals surface area contributed by atoms with Gasteiger partial charge in [-0.05, 0) is 12.5 Å². The molecule has 0 spiro atoms. The molecule has 8 nitrogen and oxygen atoms in total. The van der Waals surface area contributed by atoms with E-state index in [0.29, 0.717) is 32.2 Å². The molecule has 8 heteroatoms. The average molecular weight is 373 g/mol. The fourth-order valence-corrected chi connectivity index (χ4v) is 2.90. The number of ether oxygens (including phenoxy) is 3. The third-order valence-corrected chi connectivity index (χ3v) is 4.24. The molecule has 0 radical (unpaired) electrons. The summed E-state index contributed by atoms with van der Waals surface area (Å²) in [6.07, 6.45) is 0. The zero-order valence-corrected chi connectivity index (χ0v) is 15.5. The summed E-state index contributed by atoms with van der Waals surface area (Å²) in [5.41, 5.74) is 0.422. The molecule has 0 atom stereocenters. The van der Waals surface area contributed by atoms with Gasteiger partial charge in [0.1, 0.15) is 6.61 Å². The lowest BCUT2D eigenvalue weighted by molar-refractivity contribution is 0.0513. The number of fused-ring (bicyclic) bond motifs is 1. The van der Waals surface area contributed by atoms with E-state index in [4.69, 9.17) is 14.2 Å². The first-order chi connectivity index (χ1) is 13.2. The molecule has 3 rings (SSSR count). The highest BCUT2D eigenvalue weighted by atomic mass is 16.5. The second kappa shape index (κ2) is 8.68. The van der Waals surface area contributed by atoms with Gasteiger partial charge in [-0.2, -0.15) is 0 Å². The number of anilines is 1. The summed E-state index contributed by atoms with van der Waals surface area (Å²) in [5, 5.41) is 0. The molecular formula is C19H23N3O5. The molecule has 1 aromatic heterocycles. The maximum atomic E-state index is 13.0. The molecule has 27 heavy (non-hydrogen) atoms. The SMILES string of the molecule is CCOC(=O)c1nc2n(c(=O)c1OCc1ccccc1)CCN2CCOC. The monoisotopic (exact) mass is 373 g/mol. The van der Waals surface area contributed by atoms with Crippen LogP contribution >= 0.6 is 0 Å². The molecular weight excluding hydrogens is 350 g/mol. The lowest BCUT2D eigenvalue weighted by atomic mass is 10.2. The van der Waals surface area contributed by atoms with Gasteiger partial charge in [-0.25, -0.2) is 9.78 Å². The van der Waals surface area contributed by atoms with E-state index in [1.54, 1.807) is 14.0 Å². The smallest absolute Gasteiger partial charge is 0.361 e. The summed E-state index contributed by atoms with van der Waals surface area (Å²) < 4.78 is 17.4. The van der Waals surface area contributed by atoms with E-state index in [1.807, 2.05) is 35.2 Å². The van der Waals surface area contributed by atoms with Crippen molar-refractivity contribution in [1.82, 2.24) is 9.55 Å². The highest BCUT2D eigenvalue weighted by molar-refractivity contribution is 5.90. The highest BCUT2D eigenvalue weighted by Gasteiger charge is 2.29. The van der Waals surface area contributed by atoms with E-state index in [-0.39, 0.29) is 30.2 Å². The van der Waals surface area contributed by atoms with E-state index < -0.39 is 5.97 Å². The second-order valence-corrected chi connectivity index (χ2v) is 6.02. The van der Waals surface area contributed by atoms with Crippen molar-refractivity contribution in [3.63, 3.8) is 0 Å². The molecule has 0 saturated heterocycles. The zero-order chi connectivity index (χ0) is 19.2. The Bertz CT molecular complexity index is 850.